The lowest BCUT2D eigenvalue weighted by Crippen LogP contribution is -1.83. The third kappa shape index (κ3) is 1.61. The molecule has 0 saturated heterocycles. The van der Waals surface area contributed by atoms with Gasteiger partial charge in [-0.1, -0.05) is 12.1 Å². The number of hydrogen-bond donors (Lipinski definition) is 0. The van der Waals surface area contributed by atoms with Gasteiger partial charge in [-0.2, -0.15) is 5.26 Å². The number of nitriles is 1. The van der Waals surface area contributed by atoms with Crippen LogP contribution in [0, 0.1) is 11.3 Å². The number of rotatable bonds is 2. The molecule has 0 aliphatic carbocycles. The Kier molecular flexibility index (Phi) is 2.47. The lowest BCUT2D eigenvalue weighted by Gasteiger charge is -2.02. The molecule has 1 aromatic carbocycles. The maximum absolute atomic E-state index is 9.12. The van der Waals surface area contributed by atoms with Crippen LogP contribution in [-0.2, 0) is 0 Å². The van der Waals surface area contributed by atoms with E-state index >= 15 is 0 Å². The fourth-order valence-corrected chi connectivity index (χ4v) is 1.92. The molecule has 0 spiro atoms. The molecular formula is C15H9NO2. The standard InChI is InChI=1S/C15H9NO2/c16-10-11-4-1-2-5-12(11)15-13(7-9-18-15)14-6-3-8-17-14/h1-9H. The van der Waals surface area contributed by atoms with E-state index in [4.69, 9.17) is 14.1 Å². The lowest BCUT2D eigenvalue weighted by molar-refractivity contribution is 0.570. The van der Waals surface area contributed by atoms with E-state index in [0.29, 0.717) is 11.3 Å². The van der Waals surface area contributed by atoms with Crippen LogP contribution in [0.15, 0.2) is 63.8 Å². The average Bonchev–Trinajstić information content (AvgIpc) is 3.09. The summed E-state index contributed by atoms with van der Waals surface area (Å²) >= 11 is 0. The van der Waals surface area contributed by atoms with E-state index in [2.05, 4.69) is 6.07 Å². The summed E-state index contributed by atoms with van der Waals surface area (Å²) in [5, 5.41) is 9.12. The molecule has 86 valence electrons. The van der Waals surface area contributed by atoms with Crippen molar-refractivity contribution < 1.29 is 8.83 Å². The van der Waals surface area contributed by atoms with Crippen molar-refractivity contribution in [2.75, 3.05) is 0 Å². The molecule has 0 fully saturated rings. The smallest absolute Gasteiger partial charge is 0.146 e. The highest BCUT2D eigenvalue weighted by molar-refractivity contribution is 5.80. The number of nitrogens with zero attached hydrogens (tertiary/aromatic N) is 1. The van der Waals surface area contributed by atoms with Gasteiger partial charge >= 0.3 is 0 Å². The Bertz CT molecular complexity index is 702. The maximum atomic E-state index is 9.12. The van der Waals surface area contributed by atoms with E-state index in [1.165, 1.54) is 0 Å². The minimum Gasteiger partial charge on any atom is -0.464 e. The molecular weight excluding hydrogens is 226 g/mol. The van der Waals surface area contributed by atoms with Crippen LogP contribution in [-0.4, -0.2) is 0 Å². The molecule has 0 aliphatic heterocycles. The highest BCUT2D eigenvalue weighted by Gasteiger charge is 2.15. The van der Waals surface area contributed by atoms with Gasteiger partial charge in [-0.3, -0.25) is 0 Å². The first-order valence-corrected chi connectivity index (χ1v) is 5.51. The highest BCUT2D eigenvalue weighted by Crippen LogP contribution is 2.34. The molecule has 3 aromatic rings. The van der Waals surface area contributed by atoms with Crippen molar-refractivity contribution in [1.82, 2.24) is 0 Å². The predicted molar refractivity (Wildman–Crippen MR) is 66.6 cm³/mol. The fourth-order valence-electron chi connectivity index (χ4n) is 1.92. The third-order valence-corrected chi connectivity index (χ3v) is 2.74. The SMILES string of the molecule is N#Cc1ccccc1-c1occc1-c1ccco1. The lowest BCUT2D eigenvalue weighted by atomic mass is 10.0. The summed E-state index contributed by atoms with van der Waals surface area (Å²) in [6.45, 7) is 0. The van der Waals surface area contributed by atoms with Gasteiger partial charge < -0.3 is 8.83 Å². The van der Waals surface area contributed by atoms with Crippen LogP contribution in [0.5, 0.6) is 0 Å². The summed E-state index contributed by atoms with van der Waals surface area (Å²) in [5.74, 6) is 1.38. The molecule has 0 N–H and O–H groups in total. The maximum Gasteiger partial charge on any atom is 0.146 e. The van der Waals surface area contributed by atoms with Gasteiger partial charge in [0.1, 0.15) is 11.5 Å². The first kappa shape index (κ1) is 10.4. The van der Waals surface area contributed by atoms with Gasteiger partial charge in [0.2, 0.25) is 0 Å². The Balaban J connectivity index is 2.20. The van der Waals surface area contributed by atoms with Crippen LogP contribution in [0.4, 0.5) is 0 Å². The summed E-state index contributed by atoms with van der Waals surface area (Å²) in [4.78, 5) is 0. The zero-order valence-corrected chi connectivity index (χ0v) is 9.46. The monoisotopic (exact) mass is 235 g/mol. The van der Waals surface area contributed by atoms with Crippen molar-refractivity contribution in [3.05, 3.63) is 60.6 Å². The molecule has 0 aliphatic rings. The van der Waals surface area contributed by atoms with Crippen molar-refractivity contribution in [3.8, 4) is 28.7 Å². The summed E-state index contributed by atoms with van der Waals surface area (Å²) in [7, 11) is 0. The quantitative estimate of drug-likeness (QED) is 0.672. The fraction of sp³-hybridized carbons (Fsp3) is 0. The van der Waals surface area contributed by atoms with Crippen LogP contribution < -0.4 is 0 Å². The second kappa shape index (κ2) is 4.27. The number of hydrogen-bond acceptors (Lipinski definition) is 3. The first-order valence-electron chi connectivity index (χ1n) is 5.51. The van der Waals surface area contributed by atoms with E-state index in [1.54, 1.807) is 18.6 Å². The molecule has 3 heteroatoms. The molecule has 2 heterocycles. The first-order chi connectivity index (χ1) is 8.90. The van der Waals surface area contributed by atoms with Crippen molar-refractivity contribution in [1.29, 1.82) is 5.26 Å². The minimum absolute atomic E-state index is 0.584. The summed E-state index contributed by atoms with van der Waals surface area (Å²) in [6, 6.07) is 15.0. The van der Waals surface area contributed by atoms with E-state index < -0.39 is 0 Å². The Morgan fingerprint density at radius 1 is 0.833 bits per heavy atom. The van der Waals surface area contributed by atoms with Crippen LogP contribution in [0.1, 0.15) is 5.56 Å². The second-order valence-electron chi connectivity index (χ2n) is 3.80. The largest absolute Gasteiger partial charge is 0.464 e. The average molecular weight is 235 g/mol. The Morgan fingerprint density at radius 3 is 2.50 bits per heavy atom. The second-order valence-corrected chi connectivity index (χ2v) is 3.80. The molecule has 0 bridgehead atoms. The van der Waals surface area contributed by atoms with E-state index in [0.717, 1.165) is 16.9 Å². The third-order valence-electron chi connectivity index (χ3n) is 2.74. The van der Waals surface area contributed by atoms with Crippen LogP contribution in [0.3, 0.4) is 0 Å². The Labute approximate surface area is 104 Å². The van der Waals surface area contributed by atoms with E-state index in [9.17, 15) is 0 Å². The van der Waals surface area contributed by atoms with Gasteiger partial charge in [0, 0.05) is 5.56 Å². The highest BCUT2D eigenvalue weighted by atomic mass is 16.3. The van der Waals surface area contributed by atoms with E-state index in [1.807, 2.05) is 36.4 Å². The molecule has 0 radical (unpaired) electrons. The normalized spacial score (nSPS) is 10.2. The number of benzene rings is 1. The van der Waals surface area contributed by atoms with Gasteiger partial charge in [0.25, 0.3) is 0 Å². The van der Waals surface area contributed by atoms with Crippen LogP contribution >= 0.6 is 0 Å². The predicted octanol–water partition coefficient (Wildman–Crippen LogP) is 4.08. The van der Waals surface area contributed by atoms with Gasteiger partial charge in [-0.05, 0) is 30.3 Å². The molecule has 2 aromatic heterocycles. The summed E-state index contributed by atoms with van der Waals surface area (Å²) in [6.07, 6.45) is 3.21. The molecule has 18 heavy (non-hydrogen) atoms. The zero-order valence-electron chi connectivity index (χ0n) is 9.46. The summed E-state index contributed by atoms with van der Waals surface area (Å²) < 4.78 is 10.9. The van der Waals surface area contributed by atoms with Gasteiger partial charge in [0.05, 0.1) is 29.7 Å². The molecule has 0 atom stereocenters. The molecule has 0 saturated carbocycles. The van der Waals surface area contributed by atoms with Crippen molar-refractivity contribution in [3.63, 3.8) is 0 Å². The number of furan rings is 2. The molecule has 0 unspecified atom stereocenters. The molecule has 3 nitrogen and oxygen atoms in total. The van der Waals surface area contributed by atoms with Crippen molar-refractivity contribution in [2.45, 2.75) is 0 Å². The van der Waals surface area contributed by atoms with Gasteiger partial charge in [0.15, 0.2) is 0 Å². The zero-order chi connectivity index (χ0) is 12.4. The topological polar surface area (TPSA) is 50.1 Å². The summed E-state index contributed by atoms with van der Waals surface area (Å²) in [5.41, 5.74) is 2.21. The Hall–Kier alpha value is -2.73. The minimum atomic E-state index is 0.584. The molecule has 0 amide bonds. The molecule has 3 rings (SSSR count). The van der Waals surface area contributed by atoms with Crippen LogP contribution in [0.2, 0.25) is 0 Å². The van der Waals surface area contributed by atoms with Crippen molar-refractivity contribution in [2.24, 2.45) is 0 Å². The van der Waals surface area contributed by atoms with Gasteiger partial charge in [-0.15, -0.1) is 0 Å². The van der Waals surface area contributed by atoms with E-state index in [-0.39, 0.29) is 0 Å². The Morgan fingerprint density at radius 2 is 1.72 bits per heavy atom. The van der Waals surface area contributed by atoms with Crippen molar-refractivity contribution >= 4 is 0 Å². The van der Waals surface area contributed by atoms with Crippen LogP contribution in [0.25, 0.3) is 22.6 Å². The van der Waals surface area contributed by atoms with Gasteiger partial charge in [-0.25, -0.2) is 0 Å².